The molecule has 2 fully saturated rings. The molecule has 2 saturated heterocycles. The van der Waals surface area contributed by atoms with Gasteiger partial charge in [-0.2, -0.15) is 0 Å². The molecule has 2 aliphatic heterocycles. The smallest absolute Gasteiger partial charge is 0.0516 e. The zero-order chi connectivity index (χ0) is 6.81. The molecule has 0 radical (unpaired) electrons. The molecule has 1 N–H and O–H groups in total. The van der Waals surface area contributed by atoms with Crippen LogP contribution < -0.4 is 5.32 Å². The summed E-state index contributed by atoms with van der Waals surface area (Å²) < 4.78 is 5.12. The van der Waals surface area contributed by atoms with Gasteiger partial charge < -0.3 is 10.1 Å². The van der Waals surface area contributed by atoms with Crippen molar-refractivity contribution in [1.82, 2.24) is 5.32 Å². The highest BCUT2D eigenvalue weighted by atomic mass is 16.5. The highest BCUT2D eigenvalue weighted by Crippen LogP contribution is 2.23. The fraction of sp³-hybridized carbons (Fsp3) is 1.00. The van der Waals surface area contributed by atoms with Crippen LogP contribution in [0.3, 0.4) is 0 Å². The van der Waals surface area contributed by atoms with Crippen LogP contribution in [-0.2, 0) is 4.74 Å². The van der Waals surface area contributed by atoms with Crippen LogP contribution in [0.4, 0.5) is 0 Å². The van der Waals surface area contributed by atoms with Gasteiger partial charge in [-0.1, -0.05) is 0 Å². The quantitative estimate of drug-likeness (QED) is 0.609. The van der Waals surface area contributed by atoms with Gasteiger partial charge in [0.25, 0.3) is 0 Å². The average molecular weight is 141 g/mol. The maximum absolute atomic E-state index is 5.12. The van der Waals surface area contributed by atoms with E-state index in [2.05, 4.69) is 5.32 Å². The summed E-state index contributed by atoms with van der Waals surface area (Å²) in [4.78, 5) is 0. The summed E-state index contributed by atoms with van der Waals surface area (Å²) in [5.41, 5.74) is 0. The summed E-state index contributed by atoms with van der Waals surface area (Å²) >= 11 is 0. The SMILES string of the molecule is C1CC(CC2COC2)CN1. The molecule has 0 spiro atoms. The lowest BCUT2D eigenvalue weighted by atomic mass is 9.93. The monoisotopic (exact) mass is 141 g/mol. The Hall–Kier alpha value is -0.0800. The molecular weight excluding hydrogens is 126 g/mol. The topological polar surface area (TPSA) is 21.3 Å². The lowest BCUT2D eigenvalue weighted by molar-refractivity contribution is -0.0414. The van der Waals surface area contributed by atoms with E-state index in [-0.39, 0.29) is 0 Å². The van der Waals surface area contributed by atoms with E-state index in [0.29, 0.717) is 0 Å². The molecule has 2 rings (SSSR count). The van der Waals surface area contributed by atoms with E-state index in [0.717, 1.165) is 25.0 Å². The van der Waals surface area contributed by atoms with E-state index in [1.54, 1.807) is 0 Å². The minimum atomic E-state index is 0.893. The Morgan fingerprint density at radius 2 is 2.20 bits per heavy atom. The van der Waals surface area contributed by atoms with Crippen molar-refractivity contribution in [3.63, 3.8) is 0 Å². The fourth-order valence-corrected chi connectivity index (χ4v) is 1.81. The molecule has 2 aliphatic rings. The largest absolute Gasteiger partial charge is 0.381 e. The van der Waals surface area contributed by atoms with Crippen molar-refractivity contribution in [3.8, 4) is 0 Å². The zero-order valence-corrected chi connectivity index (χ0v) is 6.31. The third-order valence-corrected chi connectivity index (χ3v) is 2.54. The van der Waals surface area contributed by atoms with Crippen LogP contribution in [0, 0.1) is 11.8 Å². The van der Waals surface area contributed by atoms with Crippen LogP contribution in [0.1, 0.15) is 12.8 Å². The Labute approximate surface area is 61.9 Å². The molecule has 0 aliphatic carbocycles. The Morgan fingerprint density at radius 1 is 1.30 bits per heavy atom. The average Bonchev–Trinajstić information content (AvgIpc) is 2.29. The van der Waals surface area contributed by atoms with Gasteiger partial charge in [-0.25, -0.2) is 0 Å². The maximum atomic E-state index is 5.12. The lowest BCUT2D eigenvalue weighted by Crippen LogP contribution is -2.29. The van der Waals surface area contributed by atoms with Crippen LogP contribution in [-0.4, -0.2) is 26.3 Å². The second-order valence-corrected chi connectivity index (χ2v) is 3.50. The molecule has 1 atom stereocenters. The highest BCUT2D eigenvalue weighted by Gasteiger charge is 2.24. The number of rotatable bonds is 2. The van der Waals surface area contributed by atoms with E-state index in [4.69, 9.17) is 4.74 Å². The minimum absolute atomic E-state index is 0.893. The molecular formula is C8H15NO. The molecule has 10 heavy (non-hydrogen) atoms. The van der Waals surface area contributed by atoms with Crippen molar-refractivity contribution < 1.29 is 4.74 Å². The molecule has 0 aromatic carbocycles. The van der Waals surface area contributed by atoms with Gasteiger partial charge in [0.1, 0.15) is 0 Å². The van der Waals surface area contributed by atoms with Gasteiger partial charge in [0.05, 0.1) is 13.2 Å². The van der Waals surface area contributed by atoms with Crippen molar-refractivity contribution in [2.24, 2.45) is 11.8 Å². The van der Waals surface area contributed by atoms with Gasteiger partial charge in [0.2, 0.25) is 0 Å². The first-order chi connectivity index (χ1) is 4.95. The van der Waals surface area contributed by atoms with Crippen LogP contribution in [0.2, 0.25) is 0 Å². The van der Waals surface area contributed by atoms with Crippen molar-refractivity contribution >= 4 is 0 Å². The number of nitrogens with one attached hydrogen (secondary N) is 1. The number of hydrogen-bond acceptors (Lipinski definition) is 2. The van der Waals surface area contributed by atoms with Gasteiger partial charge >= 0.3 is 0 Å². The third kappa shape index (κ3) is 1.32. The van der Waals surface area contributed by atoms with Gasteiger partial charge in [-0.3, -0.25) is 0 Å². The van der Waals surface area contributed by atoms with Crippen LogP contribution in [0.25, 0.3) is 0 Å². The second-order valence-electron chi connectivity index (χ2n) is 3.50. The summed E-state index contributed by atoms with van der Waals surface area (Å²) in [6, 6.07) is 0. The maximum Gasteiger partial charge on any atom is 0.0516 e. The van der Waals surface area contributed by atoms with Crippen molar-refractivity contribution in [2.45, 2.75) is 12.8 Å². The van der Waals surface area contributed by atoms with Gasteiger partial charge in [0, 0.05) is 5.92 Å². The Balaban J connectivity index is 1.68. The summed E-state index contributed by atoms with van der Waals surface area (Å²) in [5.74, 6) is 1.85. The molecule has 0 bridgehead atoms. The van der Waals surface area contributed by atoms with E-state index in [1.165, 1.54) is 25.9 Å². The molecule has 58 valence electrons. The molecule has 0 saturated carbocycles. The summed E-state index contributed by atoms with van der Waals surface area (Å²) in [7, 11) is 0. The predicted molar refractivity (Wildman–Crippen MR) is 39.9 cm³/mol. The van der Waals surface area contributed by atoms with Gasteiger partial charge in [-0.15, -0.1) is 0 Å². The van der Waals surface area contributed by atoms with E-state index in [1.807, 2.05) is 0 Å². The summed E-state index contributed by atoms with van der Waals surface area (Å²) in [5, 5.41) is 3.39. The molecule has 2 heterocycles. The number of ether oxygens (including phenoxy) is 1. The van der Waals surface area contributed by atoms with E-state index < -0.39 is 0 Å². The first kappa shape index (κ1) is 6.62. The Morgan fingerprint density at radius 3 is 2.70 bits per heavy atom. The van der Waals surface area contributed by atoms with E-state index in [9.17, 15) is 0 Å². The zero-order valence-electron chi connectivity index (χ0n) is 6.31. The third-order valence-electron chi connectivity index (χ3n) is 2.54. The van der Waals surface area contributed by atoms with Gasteiger partial charge in [0.15, 0.2) is 0 Å². The normalized spacial score (nSPS) is 34.2. The highest BCUT2D eigenvalue weighted by molar-refractivity contribution is 4.76. The molecule has 2 heteroatoms. The van der Waals surface area contributed by atoms with Crippen LogP contribution in [0.15, 0.2) is 0 Å². The molecule has 0 amide bonds. The fourth-order valence-electron chi connectivity index (χ4n) is 1.81. The Kier molecular flexibility index (Phi) is 1.91. The van der Waals surface area contributed by atoms with Crippen molar-refractivity contribution in [2.75, 3.05) is 26.3 Å². The second kappa shape index (κ2) is 2.89. The van der Waals surface area contributed by atoms with E-state index >= 15 is 0 Å². The standard InChI is InChI=1S/C8H15NO/c1-2-9-4-7(1)3-8-5-10-6-8/h7-9H,1-6H2. The summed E-state index contributed by atoms with van der Waals surface area (Å²) in [6.45, 7) is 4.53. The molecule has 0 aromatic heterocycles. The predicted octanol–water partition coefficient (Wildman–Crippen LogP) is 0.632. The summed E-state index contributed by atoms with van der Waals surface area (Å²) in [6.07, 6.45) is 2.78. The molecule has 2 nitrogen and oxygen atoms in total. The molecule has 1 unspecified atom stereocenters. The lowest BCUT2D eigenvalue weighted by Gasteiger charge is -2.27. The number of hydrogen-bond donors (Lipinski definition) is 1. The van der Waals surface area contributed by atoms with Crippen molar-refractivity contribution in [1.29, 1.82) is 0 Å². The van der Waals surface area contributed by atoms with Gasteiger partial charge in [-0.05, 0) is 31.8 Å². The first-order valence-electron chi connectivity index (χ1n) is 4.23. The van der Waals surface area contributed by atoms with Crippen LogP contribution >= 0.6 is 0 Å². The van der Waals surface area contributed by atoms with Crippen molar-refractivity contribution in [3.05, 3.63) is 0 Å². The molecule has 0 aromatic rings. The van der Waals surface area contributed by atoms with Crippen LogP contribution in [0.5, 0.6) is 0 Å². The Bertz CT molecular complexity index is 106. The minimum Gasteiger partial charge on any atom is -0.381 e. The first-order valence-corrected chi connectivity index (χ1v) is 4.23.